The van der Waals surface area contributed by atoms with Gasteiger partial charge in [0.25, 0.3) is 0 Å². The summed E-state index contributed by atoms with van der Waals surface area (Å²) in [7, 11) is 7.21. The van der Waals surface area contributed by atoms with Crippen molar-refractivity contribution in [2.45, 2.75) is 64.5 Å². The van der Waals surface area contributed by atoms with E-state index in [1.807, 2.05) is 49.3 Å². The molecule has 6 heteroatoms. The SMILES string of the molecule is CCCCCCCCn1c(C)c(C2(c3ccc(OC)c(OC)c3)OC(=O)c3cc(N(C)C)ccc32)c2ccccc21. The number of nitrogens with zero attached hydrogens (tertiary/aromatic N) is 2. The van der Waals surface area contributed by atoms with Gasteiger partial charge in [-0.15, -0.1) is 0 Å². The van der Waals surface area contributed by atoms with E-state index in [-0.39, 0.29) is 5.97 Å². The number of para-hydroxylation sites is 1. The van der Waals surface area contributed by atoms with E-state index in [1.165, 1.54) is 32.1 Å². The highest BCUT2D eigenvalue weighted by atomic mass is 16.6. The summed E-state index contributed by atoms with van der Waals surface area (Å²) in [6, 6.07) is 20.3. The van der Waals surface area contributed by atoms with E-state index >= 15 is 0 Å². The van der Waals surface area contributed by atoms with Crippen LogP contribution in [0.4, 0.5) is 5.69 Å². The fourth-order valence-corrected chi connectivity index (χ4v) is 6.35. The van der Waals surface area contributed by atoms with E-state index in [9.17, 15) is 4.79 Å². The van der Waals surface area contributed by atoms with Crippen LogP contribution in [0.25, 0.3) is 10.9 Å². The van der Waals surface area contributed by atoms with E-state index in [4.69, 9.17) is 14.2 Å². The Morgan fingerprint density at radius 3 is 2.34 bits per heavy atom. The number of hydrogen-bond acceptors (Lipinski definition) is 5. The standard InChI is InChI=1S/C35H42N2O4/c1-7-8-9-10-11-14-21-37-24(2)33(27-15-12-13-16-30(27)37)35(25-17-20-31(39-5)32(22-25)40-6)29-19-18-26(36(3)4)23-28(29)34(38)41-35/h12-13,15-20,22-23H,7-11,14,21H2,1-6H3. The predicted molar refractivity (Wildman–Crippen MR) is 166 cm³/mol. The van der Waals surface area contributed by atoms with Crippen LogP contribution >= 0.6 is 0 Å². The highest BCUT2D eigenvalue weighted by molar-refractivity contribution is 5.99. The van der Waals surface area contributed by atoms with Gasteiger partial charge in [0.2, 0.25) is 0 Å². The minimum absolute atomic E-state index is 0.328. The average Bonchev–Trinajstić information content (AvgIpc) is 3.44. The third-order valence-corrected chi connectivity index (χ3v) is 8.47. The summed E-state index contributed by atoms with van der Waals surface area (Å²) in [5.74, 6) is 0.888. The van der Waals surface area contributed by atoms with Crippen molar-refractivity contribution in [3.63, 3.8) is 0 Å². The average molecular weight is 555 g/mol. The molecule has 3 aromatic carbocycles. The number of methoxy groups -OCH3 is 2. The Morgan fingerprint density at radius 2 is 1.61 bits per heavy atom. The van der Waals surface area contributed by atoms with Crippen LogP contribution in [-0.4, -0.2) is 38.9 Å². The van der Waals surface area contributed by atoms with Crippen LogP contribution in [0.15, 0.2) is 60.7 Å². The lowest BCUT2D eigenvalue weighted by molar-refractivity contribution is 0.0253. The van der Waals surface area contributed by atoms with E-state index in [0.29, 0.717) is 17.1 Å². The predicted octanol–water partition coefficient (Wildman–Crippen LogP) is 7.86. The lowest BCUT2D eigenvalue weighted by Gasteiger charge is -2.31. The largest absolute Gasteiger partial charge is 0.493 e. The summed E-state index contributed by atoms with van der Waals surface area (Å²) >= 11 is 0. The molecule has 216 valence electrons. The number of anilines is 1. The summed E-state index contributed by atoms with van der Waals surface area (Å²) in [6.07, 6.45) is 7.40. The van der Waals surface area contributed by atoms with Gasteiger partial charge in [0.1, 0.15) is 0 Å². The summed E-state index contributed by atoms with van der Waals surface area (Å²) in [5.41, 5.74) is 5.30. The molecule has 0 aliphatic carbocycles. The monoisotopic (exact) mass is 554 g/mol. The second kappa shape index (κ2) is 11.9. The molecule has 1 aliphatic heterocycles. The number of hydrogen-bond donors (Lipinski definition) is 0. The Labute approximate surface area is 243 Å². The van der Waals surface area contributed by atoms with E-state index in [2.05, 4.69) is 48.7 Å². The Morgan fingerprint density at radius 1 is 0.878 bits per heavy atom. The summed E-state index contributed by atoms with van der Waals surface area (Å²) < 4.78 is 20.3. The zero-order valence-electron chi connectivity index (χ0n) is 25.3. The number of fused-ring (bicyclic) bond motifs is 2. The molecule has 0 fully saturated rings. The van der Waals surface area contributed by atoms with Gasteiger partial charge in [0, 0.05) is 59.6 Å². The lowest BCUT2D eigenvalue weighted by atomic mass is 9.78. The molecule has 6 nitrogen and oxygen atoms in total. The maximum Gasteiger partial charge on any atom is 0.340 e. The first-order valence-corrected chi connectivity index (χ1v) is 14.7. The molecule has 0 N–H and O–H groups in total. The molecular formula is C35H42N2O4. The minimum Gasteiger partial charge on any atom is -0.493 e. The maximum absolute atomic E-state index is 13.7. The number of esters is 1. The molecule has 41 heavy (non-hydrogen) atoms. The second-order valence-corrected chi connectivity index (χ2v) is 11.2. The molecule has 5 rings (SSSR count). The van der Waals surface area contributed by atoms with Gasteiger partial charge in [-0.05, 0) is 43.7 Å². The van der Waals surface area contributed by atoms with Crippen molar-refractivity contribution in [1.82, 2.24) is 4.57 Å². The Bertz CT molecular complexity index is 1550. The first-order valence-electron chi connectivity index (χ1n) is 14.7. The number of unbranched alkanes of at least 4 members (excludes halogenated alkanes) is 5. The van der Waals surface area contributed by atoms with Crippen molar-refractivity contribution in [3.8, 4) is 11.5 Å². The highest BCUT2D eigenvalue weighted by Gasteiger charge is 2.51. The Kier molecular flexibility index (Phi) is 8.30. The molecule has 2 heterocycles. The maximum atomic E-state index is 13.7. The topological polar surface area (TPSA) is 52.9 Å². The van der Waals surface area contributed by atoms with Gasteiger partial charge in [0.05, 0.1) is 19.8 Å². The van der Waals surface area contributed by atoms with Gasteiger partial charge < -0.3 is 23.7 Å². The fourth-order valence-electron chi connectivity index (χ4n) is 6.35. The van der Waals surface area contributed by atoms with Gasteiger partial charge in [0.15, 0.2) is 17.1 Å². The summed E-state index contributed by atoms with van der Waals surface area (Å²) in [6.45, 7) is 5.33. The Balaban J connectivity index is 1.73. The number of benzene rings is 3. The molecule has 0 saturated carbocycles. The van der Waals surface area contributed by atoms with Crippen molar-refractivity contribution >= 4 is 22.6 Å². The lowest BCUT2D eigenvalue weighted by Crippen LogP contribution is -2.30. The summed E-state index contributed by atoms with van der Waals surface area (Å²) in [4.78, 5) is 15.7. The number of ether oxygens (including phenoxy) is 3. The van der Waals surface area contributed by atoms with Gasteiger partial charge in [-0.3, -0.25) is 0 Å². The van der Waals surface area contributed by atoms with Gasteiger partial charge in [-0.1, -0.05) is 69.4 Å². The van der Waals surface area contributed by atoms with Gasteiger partial charge in [-0.2, -0.15) is 0 Å². The molecule has 0 spiro atoms. The van der Waals surface area contributed by atoms with Gasteiger partial charge >= 0.3 is 5.97 Å². The van der Waals surface area contributed by atoms with Crippen LogP contribution in [0.2, 0.25) is 0 Å². The smallest absolute Gasteiger partial charge is 0.340 e. The Hall–Kier alpha value is -3.93. The van der Waals surface area contributed by atoms with Crippen molar-refractivity contribution in [2.75, 3.05) is 33.2 Å². The molecule has 0 bridgehead atoms. The minimum atomic E-state index is -1.15. The van der Waals surface area contributed by atoms with Crippen LogP contribution in [0, 0.1) is 6.92 Å². The van der Waals surface area contributed by atoms with Crippen molar-refractivity contribution in [3.05, 3.63) is 88.6 Å². The van der Waals surface area contributed by atoms with Crippen molar-refractivity contribution in [1.29, 1.82) is 0 Å². The van der Waals surface area contributed by atoms with Crippen LogP contribution in [0.5, 0.6) is 11.5 Å². The molecule has 1 unspecified atom stereocenters. The number of aromatic nitrogens is 1. The third kappa shape index (κ3) is 4.94. The molecule has 0 amide bonds. The first kappa shape index (κ1) is 28.6. The van der Waals surface area contributed by atoms with Crippen molar-refractivity contribution < 1.29 is 19.0 Å². The normalized spacial score (nSPS) is 16.1. The number of cyclic esters (lactones) is 1. The van der Waals surface area contributed by atoms with E-state index in [1.54, 1.807) is 14.2 Å². The molecule has 0 saturated heterocycles. The van der Waals surface area contributed by atoms with Crippen molar-refractivity contribution in [2.24, 2.45) is 0 Å². The zero-order valence-corrected chi connectivity index (χ0v) is 25.3. The molecule has 1 atom stereocenters. The molecular weight excluding hydrogens is 512 g/mol. The fraction of sp³-hybridized carbons (Fsp3) is 0.400. The molecule has 4 aromatic rings. The number of carbonyl (C=O) groups is 1. The molecule has 0 radical (unpaired) electrons. The highest BCUT2D eigenvalue weighted by Crippen LogP contribution is 2.52. The van der Waals surface area contributed by atoms with E-state index < -0.39 is 5.60 Å². The molecule has 1 aliphatic rings. The zero-order chi connectivity index (χ0) is 29.1. The van der Waals surface area contributed by atoms with Crippen LogP contribution in [-0.2, 0) is 16.9 Å². The van der Waals surface area contributed by atoms with E-state index in [0.717, 1.165) is 51.9 Å². The summed E-state index contributed by atoms with van der Waals surface area (Å²) in [5, 5.41) is 1.09. The second-order valence-electron chi connectivity index (χ2n) is 11.2. The number of carbonyl (C=O) groups excluding carboxylic acids is 1. The van der Waals surface area contributed by atoms with Crippen LogP contribution in [0.1, 0.15) is 78.2 Å². The number of rotatable bonds is 12. The first-order chi connectivity index (χ1) is 19.9. The number of aryl methyl sites for hydroxylation is 1. The third-order valence-electron chi connectivity index (χ3n) is 8.47. The van der Waals surface area contributed by atoms with Crippen LogP contribution in [0.3, 0.4) is 0 Å². The van der Waals surface area contributed by atoms with Crippen LogP contribution < -0.4 is 14.4 Å². The van der Waals surface area contributed by atoms with Gasteiger partial charge in [-0.25, -0.2) is 4.79 Å². The quantitative estimate of drug-likeness (QED) is 0.132. The molecule has 1 aromatic heterocycles.